The number of rotatable bonds is 5. The number of benzene rings is 1. The van der Waals surface area contributed by atoms with Gasteiger partial charge in [-0.1, -0.05) is 36.4 Å². The van der Waals surface area contributed by atoms with Gasteiger partial charge in [0.25, 0.3) is 0 Å². The molecule has 0 saturated heterocycles. The zero-order valence-corrected chi connectivity index (χ0v) is 9.55. The van der Waals surface area contributed by atoms with Gasteiger partial charge in [-0.3, -0.25) is 9.59 Å². The van der Waals surface area contributed by atoms with Crippen LogP contribution in [0.15, 0.2) is 30.3 Å². The summed E-state index contributed by atoms with van der Waals surface area (Å²) < 4.78 is 4.59. The normalized spacial score (nSPS) is 10.4. The van der Waals surface area contributed by atoms with E-state index in [4.69, 9.17) is 5.11 Å². The summed E-state index contributed by atoms with van der Waals surface area (Å²) >= 11 is 0. The SMILES string of the molecule is COC(=O)Cc1ccccc1C=CCC(=O)O. The monoisotopic (exact) mass is 234 g/mol. The number of esters is 1. The summed E-state index contributed by atoms with van der Waals surface area (Å²) in [5.74, 6) is -1.20. The molecule has 0 amide bonds. The maximum atomic E-state index is 11.2. The van der Waals surface area contributed by atoms with Crippen LogP contribution < -0.4 is 0 Å². The molecule has 1 rings (SSSR count). The Balaban J connectivity index is 2.80. The van der Waals surface area contributed by atoms with Crippen LogP contribution in [0.2, 0.25) is 0 Å². The predicted molar refractivity (Wildman–Crippen MR) is 63.4 cm³/mol. The molecule has 0 unspecified atom stereocenters. The lowest BCUT2D eigenvalue weighted by Gasteiger charge is -2.04. The Kier molecular flexibility index (Phi) is 4.94. The highest BCUT2D eigenvalue weighted by molar-refractivity contribution is 5.75. The van der Waals surface area contributed by atoms with Crippen molar-refractivity contribution in [2.24, 2.45) is 0 Å². The molecule has 17 heavy (non-hydrogen) atoms. The van der Waals surface area contributed by atoms with Gasteiger partial charge in [0.1, 0.15) is 0 Å². The summed E-state index contributed by atoms with van der Waals surface area (Å²) in [6.07, 6.45) is 3.40. The molecule has 0 radical (unpaired) electrons. The molecule has 0 fully saturated rings. The van der Waals surface area contributed by atoms with E-state index in [0.717, 1.165) is 11.1 Å². The minimum Gasteiger partial charge on any atom is -0.481 e. The lowest BCUT2D eigenvalue weighted by atomic mass is 10.0. The number of ether oxygens (including phenoxy) is 1. The van der Waals surface area contributed by atoms with E-state index in [-0.39, 0.29) is 18.8 Å². The fourth-order valence-electron chi connectivity index (χ4n) is 1.37. The topological polar surface area (TPSA) is 63.6 Å². The van der Waals surface area contributed by atoms with Crippen LogP contribution in [0.4, 0.5) is 0 Å². The van der Waals surface area contributed by atoms with Gasteiger partial charge in [0, 0.05) is 0 Å². The first-order chi connectivity index (χ1) is 8.13. The summed E-state index contributed by atoms with van der Waals surface area (Å²) in [4.78, 5) is 21.5. The number of carbonyl (C=O) groups excluding carboxylic acids is 1. The summed E-state index contributed by atoms with van der Waals surface area (Å²) in [5, 5.41) is 8.52. The third-order valence-corrected chi connectivity index (χ3v) is 2.21. The molecule has 1 aromatic carbocycles. The smallest absolute Gasteiger partial charge is 0.309 e. The van der Waals surface area contributed by atoms with Crippen molar-refractivity contribution in [3.63, 3.8) is 0 Å². The van der Waals surface area contributed by atoms with E-state index >= 15 is 0 Å². The van der Waals surface area contributed by atoms with Gasteiger partial charge in [-0.25, -0.2) is 0 Å². The van der Waals surface area contributed by atoms with Crippen LogP contribution in [0.5, 0.6) is 0 Å². The number of methoxy groups -OCH3 is 1. The van der Waals surface area contributed by atoms with Crippen molar-refractivity contribution in [3.8, 4) is 0 Å². The first-order valence-electron chi connectivity index (χ1n) is 5.16. The number of carboxylic acids is 1. The molecular weight excluding hydrogens is 220 g/mol. The van der Waals surface area contributed by atoms with Gasteiger partial charge in [-0.2, -0.15) is 0 Å². The van der Waals surface area contributed by atoms with E-state index in [1.165, 1.54) is 7.11 Å². The second kappa shape index (κ2) is 6.48. The lowest BCUT2D eigenvalue weighted by molar-refractivity contribution is -0.140. The van der Waals surface area contributed by atoms with Crippen molar-refractivity contribution in [1.29, 1.82) is 0 Å². The molecule has 0 aliphatic rings. The second-order valence-corrected chi connectivity index (χ2v) is 3.45. The zero-order chi connectivity index (χ0) is 12.7. The third-order valence-electron chi connectivity index (χ3n) is 2.21. The molecular formula is C13H14O4. The lowest BCUT2D eigenvalue weighted by Crippen LogP contribution is -2.05. The van der Waals surface area contributed by atoms with Crippen molar-refractivity contribution >= 4 is 18.0 Å². The number of aliphatic carboxylic acids is 1. The number of hydrogen-bond donors (Lipinski definition) is 1. The van der Waals surface area contributed by atoms with E-state index < -0.39 is 5.97 Å². The maximum absolute atomic E-state index is 11.2. The minimum absolute atomic E-state index is 0.0352. The van der Waals surface area contributed by atoms with Crippen LogP contribution >= 0.6 is 0 Å². The second-order valence-electron chi connectivity index (χ2n) is 3.45. The molecule has 4 heteroatoms. The Labute approximate surface area is 99.5 Å². The molecule has 0 aromatic heterocycles. The number of hydrogen-bond acceptors (Lipinski definition) is 3. The Morgan fingerprint density at radius 2 is 2.06 bits per heavy atom. The Bertz CT molecular complexity index is 435. The molecule has 0 bridgehead atoms. The third kappa shape index (κ3) is 4.51. The van der Waals surface area contributed by atoms with Crippen LogP contribution in [0.3, 0.4) is 0 Å². The summed E-state index contributed by atoms with van der Waals surface area (Å²) in [6, 6.07) is 7.31. The van der Waals surface area contributed by atoms with Gasteiger partial charge in [0.15, 0.2) is 0 Å². The quantitative estimate of drug-likeness (QED) is 0.790. The average Bonchev–Trinajstić information content (AvgIpc) is 2.30. The highest BCUT2D eigenvalue weighted by atomic mass is 16.5. The van der Waals surface area contributed by atoms with Gasteiger partial charge in [0.05, 0.1) is 20.0 Å². The van der Waals surface area contributed by atoms with Crippen LogP contribution in [0.25, 0.3) is 6.08 Å². The molecule has 1 aromatic rings. The first-order valence-corrected chi connectivity index (χ1v) is 5.16. The largest absolute Gasteiger partial charge is 0.481 e. The van der Waals surface area contributed by atoms with Crippen molar-refractivity contribution in [2.45, 2.75) is 12.8 Å². The maximum Gasteiger partial charge on any atom is 0.309 e. The van der Waals surface area contributed by atoms with E-state index in [0.29, 0.717) is 0 Å². The van der Waals surface area contributed by atoms with E-state index in [1.807, 2.05) is 24.3 Å². The van der Waals surface area contributed by atoms with Crippen LogP contribution in [-0.2, 0) is 20.7 Å². The van der Waals surface area contributed by atoms with Crippen molar-refractivity contribution < 1.29 is 19.4 Å². The number of carbonyl (C=O) groups is 2. The molecule has 0 heterocycles. The summed E-state index contributed by atoms with van der Waals surface area (Å²) in [7, 11) is 1.34. The molecule has 0 saturated carbocycles. The van der Waals surface area contributed by atoms with Gasteiger partial charge < -0.3 is 9.84 Å². The average molecular weight is 234 g/mol. The molecule has 0 spiro atoms. The van der Waals surface area contributed by atoms with Gasteiger partial charge in [-0.05, 0) is 11.1 Å². The molecule has 0 atom stereocenters. The van der Waals surface area contributed by atoms with E-state index in [2.05, 4.69) is 4.74 Å². The van der Waals surface area contributed by atoms with Gasteiger partial charge in [0.2, 0.25) is 0 Å². The van der Waals surface area contributed by atoms with Crippen molar-refractivity contribution in [3.05, 3.63) is 41.5 Å². The first kappa shape index (κ1) is 13.0. The molecule has 0 aliphatic heterocycles. The van der Waals surface area contributed by atoms with E-state index in [9.17, 15) is 9.59 Å². The van der Waals surface area contributed by atoms with Crippen LogP contribution in [0, 0.1) is 0 Å². The van der Waals surface area contributed by atoms with Crippen molar-refractivity contribution in [2.75, 3.05) is 7.11 Å². The Hall–Kier alpha value is -2.10. The van der Waals surface area contributed by atoms with Crippen LogP contribution in [-0.4, -0.2) is 24.2 Å². The standard InChI is InChI=1S/C13H14O4/c1-17-13(16)9-11-6-3-2-5-10(11)7-4-8-12(14)15/h2-7H,8-9H2,1H3,(H,14,15). The molecule has 4 nitrogen and oxygen atoms in total. The van der Waals surface area contributed by atoms with Gasteiger partial charge >= 0.3 is 11.9 Å². The van der Waals surface area contributed by atoms with E-state index in [1.54, 1.807) is 12.2 Å². The number of carboxylic acid groups (broad SMARTS) is 1. The highest BCUT2D eigenvalue weighted by Gasteiger charge is 2.05. The van der Waals surface area contributed by atoms with Gasteiger partial charge in [-0.15, -0.1) is 0 Å². The summed E-state index contributed by atoms with van der Waals surface area (Å²) in [6.45, 7) is 0. The summed E-state index contributed by atoms with van der Waals surface area (Å²) in [5.41, 5.74) is 1.65. The molecule has 1 N–H and O–H groups in total. The minimum atomic E-state index is -0.883. The fourth-order valence-corrected chi connectivity index (χ4v) is 1.37. The molecule has 90 valence electrons. The Morgan fingerprint density at radius 3 is 2.71 bits per heavy atom. The van der Waals surface area contributed by atoms with Crippen LogP contribution in [0.1, 0.15) is 17.5 Å². The zero-order valence-electron chi connectivity index (χ0n) is 9.55. The predicted octanol–water partition coefficient (Wildman–Crippen LogP) is 1.89. The van der Waals surface area contributed by atoms with Crippen molar-refractivity contribution in [1.82, 2.24) is 0 Å². The highest BCUT2D eigenvalue weighted by Crippen LogP contribution is 2.12. The Morgan fingerprint density at radius 1 is 1.35 bits per heavy atom. The molecule has 0 aliphatic carbocycles. The fraction of sp³-hybridized carbons (Fsp3) is 0.231.